The lowest BCUT2D eigenvalue weighted by atomic mass is 10.0. The quantitative estimate of drug-likeness (QED) is 0.809. The first-order valence-electron chi connectivity index (χ1n) is 7.77. The predicted molar refractivity (Wildman–Crippen MR) is 87.5 cm³/mol. The third-order valence-electron chi connectivity index (χ3n) is 4.26. The number of carbonyl (C=O) groups is 1. The second-order valence-electron chi connectivity index (χ2n) is 6.23. The van der Waals surface area contributed by atoms with E-state index in [0.29, 0.717) is 17.7 Å². The van der Waals surface area contributed by atoms with Crippen molar-refractivity contribution in [1.82, 2.24) is 10.3 Å². The van der Waals surface area contributed by atoms with Crippen LogP contribution >= 0.6 is 0 Å². The smallest absolute Gasteiger partial charge is 0.253 e. The van der Waals surface area contributed by atoms with Crippen LogP contribution in [0.1, 0.15) is 53.0 Å². The van der Waals surface area contributed by atoms with Gasteiger partial charge in [-0.15, -0.1) is 0 Å². The monoisotopic (exact) mass is 312 g/mol. The molecule has 5 heteroatoms. The van der Waals surface area contributed by atoms with Gasteiger partial charge in [0.2, 0.25) is 5.56 Å². The van der Waals surface area contributed by atoms with Gasteiger partial charge in [-0.05, 0) is 23.1 Å². The summed E-state index contributed by atoms with van der Waals surface area (Å²) in [7, 11) is 0. The first kappa shape index (κ1) is 15.5. The highest BCUT2D eigenvalue weighted by Gasteiger charge is 2.32. The predicted octanol–water partition coefficient (Wildman–Crippen LogP) is 1.89. The topological polar surface area (TPSA) is 82.2 Å². The van der Waals surface area contributed by atoms with Gasteiger partial charge in [0.25, 0.3) is 5.91 Å². The molecule has 0 saturated heterocycles. The number of benzene rings is 1. The second-order valence-corrected chi connectivity index (χ2v) is 6.23. The van der Waals surface area contributed by atoms with E-state index in [9.17, 15) is 14.7 Å². The Morgan fingerprint density at radius 1 is 1.26 bits per heavy atom. The van der Waals surface area contributed by atoms with Gasteiger partial charge >= 0.3 is 0 Å². The summed E-state index contributed by atoms with van der Waals surface area (Å²) in [5.74, 6) is -0.267. The number of rotatable bonds is 3. The van der Waals surface area contributed by atoms with Crippen molar-refractivity contribution in [3.63, 3.8) is 0 Å². The number of aliphatic hydroxyl groups is 1. The molecule has 1 heterocycles. The number of aliphatic hydroxyl groups excluding tert-OH is 1. The zero-order chi connectivity index (χ0) is 16.6. The minimum atomic E-state index is -0.637. The minimum Gasteiger partial charge on any atom is -0.390 e. The van der Waals surface area contributed by atoms with Gasteiger partial charge in [-0.25, -0.2) is 0 Å². The summed E-state index contributed by atoms with van der Waals surface area (Å²) in [5, 5.41) is 13.2. The van der Waals surface area contributed by atoms with E-state index in [2.05, 4.69) is 10.3 Å². The van der Waals surface area contributed by atoms with E-state index in [1.807, 2.05) is 38.1 Å². The normalized spacial score (nSPS) is 19.7. The first-order valence-corrected chi connectivity index (χ1v) is 7.77. The molecule has 0 radical (unpaired) electrons. The van der Waals surface area contributed by atoms with Gasteiger partial charge in [-0.3, -0.25) is 9.59 Å². The molecule has 5 nitrogen and oxygen atoms in total. The van der Waals surface area contributed by atoms with Crippen molar-refractivity contribution in [2.24, 2.45) is 0 Å². The van der Waals surface area contributed by atoms with E-state index in [0.717, 1.165) is 11.1 Å². The van der Waals surface area contributed by atoms with Gasteiger partial charge in [0.1, 0.15) is 0 Å². The molecule has 3 rings (SSSR count). The molecule has 1 amide bonds. The maximum absolute atomic E-state index is 12.6. The SMILES string of the molecule is CC(C)c1[nH]c(=O)ccc1C(=O)N[C@@H]1c2ccccc2C[C@@H]1O. The van der Waals surface area contributed by atoms with E-state index >= 15 is 0 Å². The number of aromatic nitrogens is 1. The third-order valence-corrected chi connectivity index (χ3v) is 4.26. The fourth-order valence-corrected chi connectivity index (χ4v) is 3.11. The second kappa shape index (κ2) is 6.01. The summed E-state index contributed by atoms with van der Waals surface area (Å²) in [6, 6.07) is 10.2. The molecular formula is C18H20N2O3. The van der Waals surface area contributed by atoms with Crippen molar-refractivity contribution in [2.75, 3.05) is 0 Å². The molecular weight excluding hydrogens is 292 g/mol. The lowest BCUT2D eigenvalue weighted by Crippen LogP contribution is -2.35. The van der Waals surface area contributed by atoms with Crippen LogP contribution in [0.5, 0.6) is 0 Å². The molecule has 0 saturated carbocycles. The molecule has 2 atom stereocenters. The van der Waals surface area contributed by atoms with Crippen LogP contribution in [-0.4, -0.2) is 22.1 Å². The standard InChI is InChI=1S/C18H20N2O3/c1-10(2)16-13(7-8-15(22)19-16)18(23)20-17-12-6-4-3-5-11(12)9-14(17)21/h3-8,10,14,17,21H,9H2,1-2H3,(H,19,22)(H,20,23)/t14-,17+/m0/s1. The zero-order valence-electron chi connectivity index (χ0n) is 13.2. The highest BCUT2D eigenvalue weighted by atomic mass is 16.3. The van der Waals surface area contributed by atoms with Crippen LogP contribution in [0.4, 0.5) is 0 Å². The summed E-state index contributed by atoms with van der Waals surface area (Å²) in [6.07, 6.45) is -0.106. The number of aromatic amines is 1. The van der Waals surface area contributed by atoms with Crippen molar-refractivity contribution in [3.8, 4) is 0 Å². The lowest BCUT2D eigenvalue weighted by molar-refractivity contribution is 0.0856. The number of amides is 1. The molecule has 0 unspecified atom stereocenters. The van der Waals surface area contributed by atoms with Crippen LogP contribution in [0.3, 0.4) is 0 Å². The molecule has 1 aromatic heterocycles. The Balaban J connectivity index is 1.90. The molecule has 120 valence electrons. The van der Waals surface area contributed by atoms with E-state index in [4.69, 9.17) is 0 Å². The van der Waals surface area contributed by atoms with Crippen molar-refractivity contribution < 1.29 is 9.90 Å². The largest absolute Gasteiger partial charge is 0.390 e. The molecule has 1 aliphatic carbocycles. The fourth-order valence-electron chi connectivity index (χ4n) is 3.11. The molecule has 23 heavy (non-hydrogen) atoms. The molecule has 0 spiro atoms. The first-order chi connectivity index (χ1) is 11.0. The summed E-state index contributed by atoms with van der Waals surface area (Å²) in [4.78, 5) is 26.9. The van der Waals surface area contributed by atoms with E-state index in [1.165, 1.54) is 12.1 Å². The number of pyridine rings is 1. The molecule has 3 N–H and O–H groups in total. The number of hydrogen-bond acceptors (Lipinski definition) is 3. The maximum Gasteiger partial charge on any atom is 0.253 e. The lowest BCUT2D eigenvalue weighted by Gasteiger charge is -2.19. The molecule has 0 aliphatic heterocycles. The van der Waals surface area contributed by atoms with Gasteiger partial charge in [0.05, 0.1) is 17.7 Å². The number of hydrogen-bond donors (Lipinski definition) is 3. The highest BCUT2D eigenvalue weighted by molar-refractivity contribution is 5.95. The molecule has 0 fully saturated rings. The number of fused-ring (bicyclic) bond motifs is 1. The molecule has 0 bridgehead atoms. The molecule has 1 aliphatic rings. The maximum atomic E-state index is 12.6. The molecule has 1 aromatic carbocycles. The van der Waals surface area contributed by atoms with Crippen LogP contribution in [0.25, 0.3) is 0 Å². The van der Waals surface area contributed by atoms with Gasteiger partial charge < -0.3 is 15.4 Å². The Kier molecular flexibility index (Phi) is 4.05. The number of H-pyrrole nitrogens is 1. The van der Waals surface area contributed by atoms with E-state index < -0.39 is 12.1 Å². The van der Waals surface area contributed by atoms with Crippen LogP contribution in [0.2, 0.25) is 0 Å². The Hall–Kier alpha value is -2.40. The fraction of sp³-hybridized carbons (Fsp3) is 0.333. The van der Waals surface area contributed by atoms with E-state index in [1.54, 1.807) is 0 Å². The summed E-state index contributed by atoms with van der Waals surface area (Å²) >= 11 is 0. The Morgan fingerprint density at radius 2 is 2.00 bits per heavy atom. The van der Waals surface area contributed by atoms with Gasteiger partial charge in [-0.1, -0.05) is 38.1 Å². The van der Waals surface area contributed by atoms with Crippen LogP contribution in [0, 0.1) is 0 Å². The van der Waals surface area contributed by atoms with Crippen molar-refractivity contribution in [3.05, 3.63) is 69.1 Å². The highest BCUT2D eigenvalue weighted by Crippen LogP contribution is 2.31. The Bertz CT molecular complexity index is 795. The van der Waals surface area contributed by atoms with Crippen molar-refractivity contribution in [1.29, 1.82) is 0 Å². The number of nitrogens with one attached hydrogen (secondary N) is 2. The summed E-state index contributed by atoms with van der Waals surface area (Å²) in [5.41, 5.74) is 2.82. The summed E-state index contributed by atoms with van der Waals surface area (Å²) < 4.78 is 0. The number of carbonyl (C=O) groups excluding carboxylic acids is 1. The van der Waals surface area contributed by atoms with E-state index in [-0.39, 0.29) is 17.4 Å². The average molecular weight is 312 g/mol. The average Bonchev–Trinajstić information content (AvgIpc) is 2.83. The van der Waals surface area contributed by atoms with Crippen molar-refractivity contribution >= 4 is 5.91 Å². The third kappa shape index (κ3) is 2.92. The van der Waals surface area contributed by atoms with Gasteiger partial charge in [0.15, 0.2) is 0 Å². The van der Waals surface area contributed by atoms with Crippen LogP contribution in [0.15, 0.2) is 41.2 Å². The van der Waals surface area contributed by atoms with Crippen molar-refractivity contribution in [2.45, 2.75) is 38.3 Å². The Morgan fingerprint density at radius 3 is 2.74 bits per heavy atom. The van der Waals surface area contributed by atoms with Gasteiger partial charge in [0, 0.05) is 18.2 Å². The Labute approximate surface area is 134 Å². The summed E-state index contributed by atoms with van der Waals surface area (Å²) in [6.45, 7) is 3.84. The molecule has 2 aromatic rings. The van der Waals surface area contributed by atoms with Crippen LogP contribution in [-0.2, 0) is 6.42 Å². The zero-order valence-corrected chi connectivity index (χ0v) is 13.2. The van der Waals surface area contributed by atoms with Gasteiger partial charge in [-0.2, -0.15) is 0 Å². The van der Waals surface area contributed by atoms with Crippen LogP contribution < -0.4 is 10.9 Å². The minimum absolute atomic E-state index is 0.0189.